The lowest BCUT2D eigenvalue weighted by atomic mass is 10.1. The van der Waals surface area contributed by atoms with E-state index in [2.05, 4.69) is 16.5 Å². The van der Waals surface area contributed by atoms with E-state index in [-0.39, 0.29) is 31.2 Å². The molecule has 1 heterocycles. The molecule has 3 rings (SSSR count). The summed E-state index contributed by atoms with van der Waals surface area (Å²) in [6.07, 6.45) is 0. The van der Waals surface area contributed by atoms with Crippen molar-refractivity contribution in [2.75, 3.05) is 19.8 Å². The highest BCUT2D eigenvalue weighted by Crippen LogP contribution is 2.23. The molecule has 0 unspecified atom stereocenters. The maximum Gasteiger partial charge on any atom is 0.266 e. The molecule has 7 nitrogen and oxygen atoms in total. The summed E-state index contributed by atoms with van der Waals surface area (Å²) < 4.78 is 12.5. The molecule has 7 heteroatoms. The van der Waals surface area contributed by atoms with Gasteiger partial charge in [-0.25, -0.2) is 4.68 Å². The zero-order valence-electron chi connectivity index (χ0n) is 19.0. The molecule has 0 aliphatic heterocycles. The molecule has 0 radical (unpaired) electrons. The van der Waals surface area contributed by atoms with E-state index in [9.17, 15) is 9.59 Å². The maximum absolute atomic E-state index is 12.2. The largest absolute Gasteiger partial charge is 0.494 e. The van der Waals surface area contributed by atoms with Crippen molar-refractivity contribution in [3.8, 4) is 22.8 Å². The predicted octanol–water partition coefficient (Wildman–Crippen LogP) is 3.43. The van der Waals surface area contributed by atoms with Gasteiger partial charge in [0, 0.05) is 18.2 Å². The van der Waals surface area contributed by atoms with Gasteiger partial charge in [-0.15, -0.1) is 0 Å². The number of carbonyl (C=O) groups is 1. The highest BCUT2D eigenvalue weighted by molar-refractivity contribution is 5.77. The molecule has 168 valence electrons. The number of aryl methyl sites for hydroxylation is 2. The summed E-state index contributed by atoms with van der Waals surface area (Å²) in [7, 11) is 0. The molecule has 0 spiro atoms. The van der Waals surface area contributed by atoms with Crippen molar-refractivity contribution in [2.24, 2.45) is 0 Å². The molecule has 0 aliphatic carbocycles. The lowest BCUT2D eigenvalue weighted by Gasteiger charge is -2.13. The molecule has 0 bridgehead atoms. The molecule has 0 aliphatic rings. The van der Waals surface area contributed by atoms with Crippen LogP contribution in [0.4, 0.5) is 0 Å². The molecule has 0 atom stereocenters. The first-order valence-electron chi connectivity index (χ1n) is 10.7. The van der Waals surface area contributed by atoms with E-state index in [1.165, 1.54) is 10.7 Å². The molecule has 3 aromatic rings. The highest BCUT2D eigenvalue weighted by atomic mass is 16.5. The van der Waals surface area contributed by atoms with Crippen molar-refractivity contribution >= 4 is 5.91 Å². The smallest absolute Gasteiger partial charge is 0.266 e. The second-order valence-corrected chi connectivity index (χ2v) is 7.58. The molecule has 1 amide bonds. The van der Waals surface area contributed by atoms with Gasteiger partial charge >= 0.3 is 0 Å². The van der Waals surface area contributed by atoms with Gasteiger partial charge in [-0.2, -0.15) is 5.10 Å². The van der Waals surface area contributed by atoms with Gasteiger partial charge in [-0.05, 0) is 80.8 Å². The Balaban J connectivity index is 1.56. The van der Waals surface area contributed by atoms with Crippen LogP contribution in [0, 0.1) is 20.8 Å². The van der Waals surface area contributed by atoms with Crippen LogP contribution in [-0.2, 0) is 11.3 Å². The van der Waals surface area contributed by atoms with Gasteiger partial charge in [0.2, 0.25) is 0 Å². The Morgan fingerprint density at radius 2 is 1.78 bits per heavy atom. The first kappa shape index (κ1) is 23.1. The first-order valence-corrected chi connectivity index (χ1v) is 10.7. The van der Waals surface area contributed by atoms with Crippen LogP contribution in [0.5, 0.6) is 11.5 Å². The number of benzene rings is 2. The minimum Gasteiger partial charge on any atom is -0.494 e. The topological polar surface area (TPSA) is 82.5 Å². The summed E-state index contributed by atoms with van der Waals surface area (Å²) in [6, 6.07) is 14.7. The molecule has 0 saturated carbocycles. The average Bonchev–Trinajstić information content (AvgIpc) is 2.77. The Kier molecular flexibility index (Phi) is 7.65. The average molecular weight is 436 g/mol. The number of ether oxygens (including phenoxy) is 2. The SMILES string of the molecule is CCOc1ccc(-c2ccc(=O)n(CCNC(=O)COc3cc(C)cc(C)c3C)n2)cc1. The molecule has 1 aromatic heterocycles. The Morgan fingerprint density at radius 3 is 2.50 bits per heavy atom. The third kappa shape index (κ3) is 5.97. The van der Waals surface area contributed by atoms with Gasteiger partial charge in [-0.1, -0.05) is 6.07 Å². The maximum atomic E-state index is 12.2. The molecular formula is C25H29N3O4. The number of carbonyl (C=O) groups excluding carboxylic acids is 1. The van der Waals surface area contributed by atoms with Crippen molar-refractivity contribution in [3.63, 3.8) is 0 Å². The lowest BCUT2D eigenvalue weighted by Crippen LogP contribution is -2.34. The normalized spacial score (nSPS) is 10.6. The molecule has 0 fully saturated rings. The first-order chi connectivity index (χ1) is 15.4. The van der Waals surface area contributed by atoms with Crippen molar-refractivity contribution < 1.29 is 14.3 Å². The van der Waals surface area contributed by atoms with Gasteiger partial charge in [-0.3, -0.25) is 9.59 Å². The summed E-state index contributed by atoms with van der Waals surface area (Å²) in [4.78, 5) is 24.4. The van der Waals surface area contributed by atoms with E-state index >= 15 is 0 Å². The number of hydrogen-bond donors (Lipinski definition) is 1. The second kappa shape index (κ2) is 10.6. The summed E-state index contributed by atoms with van der Waals surface area (Å²) >= 11 is 0. The Labute approximate surface area is 188 Å². The van der Waals surface area contributed by atoms with Crippen LogP contribution in [0.15, 0.2) is 53.3 Å². The van der Waals surface area contributed by atoms with Gasteiger partial charge in [0.25, 0.3) is 11.5 Å². The predicted molar refractivity (Wildman–Crippen MR) is 124 cm³/mol. The Hall–Kier alpha value is -3.61. The van der Waals surface area contributed by atoms with Crippen LogP contribution in [-0.4, -0.2) is 35.4 Å². The molecule has 32 heavy (non-hydrogen) atoms. The van der Waals surface area contributed by atoms with E-state index in [0.29, 0.717) is 18.1 Å². The molecule has 0 saturated heterocycles. The van der Waals surface area contributed by atoms with Crippen LogP contribution < -0.4 is 20.3 Å². The van der Waals surface area contributed by atoms with Crippen LogP contribution in [0.3, 0.4) is 0 Å². The van der Waals surface area contributed by atoms with Crippen molar-refractivity contribution in [1.29, 1.82) is 0 Å². The third-order valence-corrected chi connectivity index (χ3v) is 5.10. The highest BCUT2D eigenvalue weighted by Gasteiger charge is 2.08. The van der Waals surface area contributed by atoms with Crippen LogP contribution in [0.25, 0.3) is 11.3 Å². The quantitative estimate of drug-likeness (QED) is 0.557. The van der Waals surface area contributed by atoms with Gasteiger partial charge in [0.15, 0.2) is 6.61 Å². The van der Waals surface area contributed by atoms with Gasteiger partial charge in [0.05, 0.1) is 18.8 Å². The van der Waals surface area contributed by atoms with E-state index < -0.39 is 0 Å². The fraction of sp³-hybridized carbons (Fsp3) is 0.320. The van der Waals surface area contributed by atoms with Gasteiger partial charge in [0.1, 0.15) is 11.5 Å². The molecule has 1 N–H and O–H groups in total. The summed E-state index contributed by atoms with van der Waals surface area (Å²) in [5.41, 5.74) is 4.55. The number of aromatic nitrogens is 2. The zero-order chi connectivity index (χ0) is 23.1. The number of rotatable bonds is 9. The van der Waals surface area contributed by atoms with Crippen molar-refractivity contribution in [3.05, 3.63) is 75.6 Å². The van der Waals surface area contributed by atoms with Crippen LogP contribution in [0.1, 0.15) is 23.6 Å². The van der Waals surface area contributed by atoms with Crippen LogP contribution in [0.2, 0.25) is 0 Å². The van der Waals surface area contributed by atoms with Gasteiger partial charge < -0.3 is 14.8 Å². The number of nitrogens with one attached hydrogen (secondary N) is 1. The fourth-order valence-corrected chi connectivity index (χ4v) is 3.30. The lowest BCUT2D eigenvalue weighted by molar-refractivity contribution is -0.123. The second-order valence-electron chi connectivity index (χ2n) is 7.58. The third-order valence-electron chi connectivity index (χ3n) is 5.10. The molecular weight excluding hydrogens is 406 g/mol. The minimum absolute atomic E-state index is 0.0850. The zero-order valence-corrected chi connectivity index (χ0v) is 19.0. The number of nitrogens with zero attached hydrogens (tertiary/aromatic N) is 2. The monoisotopic (exact) mass is 435 g/mol. The van der Waals surface area contributed by atoms with Crippen LogP contribution >= 0.6 is 0 Å². The van der Waals surface area contributed by atoms with Crippen molar-refractivity contribution in [2.45, 2.75) is 34.2 Å². The minimum atomic E-state index is -0.251. The number of amides is 1. The van der Waals surface area contributed by atoms with E-state index in [4.69, 9.17) is 9.47 Å². The van der Waals surface area contributed by atoms with E-state index in [0.717, 1.165) is 28.0 Å². The van der Waals surface area contributed by atoms with E-state index in [1.54, 1.807) is 6.07 Å². The fourth-order valence-electron chi connectivity index (χ4n) is 3.30. The van der Waals surface area contributed by atoms with Crippen molar-refractivity contribution in [1.82, 2.24) is 15.1 Å². The summed E-state index contributed by atoms with van der Waals surface area (Å²) in [5.74, 6) is 1.24. The Morgan fingerprint density at radius 1 is 1.03 bits per heavy atom. The Bertz CT molecular complexity index is 1140. The van der Waals surface area contributed by atoms with E-state index in [1.807, 2.05) is 58.0 Å². The standard InChI is InChI=1S/C25H29N3O4/c1-5-31-21-8-6-20(7-9-21)22-10-11-25(30)28(27-22)13-12-26-24(29)16-32-23-15-17(2)14-18(3)19(23)4/h6-11,14-15H,5,12-13,16H2,1-4H3,(H,26,29). The summed E-state index contributed by atoms with van der Waals surface area (Å²) in [5, 5.41) is 7.20. The molecule has 2 aromatic carbocycles. The summed E-state index contributed by atoms with van der Waals surface area (Å²) in [6.45, 7) is 8.96. The number of hydrogen-bond acceptors (Lipinski definition) is 5.